The maximum atomic E-state index is 6.59. The normalized spacial score (nSPS) is 22.5. The largest absolute Gasteiger partial charge is 0.455 e. The van der Waals surface area contributed by atoms with Gasteiger partial charge in [-0.05, 0) is 42.3 Å². The number of rotatable bonds is 0. The highest BCUT2D eigenvalue weighted by molar-refractivity contribution is 6.10. The van der Waals surface area contributed by atoms with E-state index < -0.39 is 0 Å². The van der Waals surface area contributed by atoms with E-state index in [9.17, 15) is 0 Å². The van der Waals surface area contributed by atoms with Crippen molar-refractivity contribution in [1.29, 1.82) is 0 Å². The molecule has 3 aromatic heterocycles. The van der Waals surface area contributed by atoms with Crippen LogP contribution in [0.4, 0.5) is 0 Å². The smallest absolute Gasteiger partial charge is 0.269 e. The Morgan fingerprint density at radius 2 is 1.63 bits per heavy atom. The van der Waals surface area contributed by atoms with Crippen LogP contribution in [0.1, 0.15) is 28.7 Å². The van der Waals surface area contributed by atoms with Gasteiger partial charge in [-0.15, -0.1) is 0 Å². The number of para-hydroxylation sites is 1. The highest BCUT2D eigenvalue weighted by atomic mass is 16.3. The summed E-state index contributed by atoms with van der Waals surface area (Å²) in [5, 5.41) is 2.38. The average Bonchev–Trinajstić information content (AvgIpc) is 3.33. The van der Waals surface area contributed by atoms with Crippen LogP contribution in [0.5, 0.6) is 0 Å². The second kappa shape index (κ2) is 5.87. The van der Waals surface area contributed by atoms with Crippen LogP contribution >= 0.6 is 0 Å². The average molecular weight is 451 g/mol. The summed E-state index contributed by atoms with van der Waals surface area (Å²) in [6.45, 7) is 2.18. The number of nitrogens with zero attached hydrogens (tertiary/aromatic N) is 2. The fraction of sp³-hybridized carbons (Fsp3) is 0.125. The lowest BCUT2D eigenvalue weighted by Crippen LogP contribution is -2.50. The van der Waals surface area contributed by atoms with Crippen LogP contribution in [0.2, 0.25) is 0 Å². The number of benzene rings is 3. The molecule has 3 atom stereocenters. The first kappa shape index (κ1) is 18.1. The molecule has 3 nitrogen and oxygen atoms in total. The number of pyridine rings is 2. The van der Waals surface area contributed by atoms with E-state index in [-0.39, 0.29) is 5.54 Å². The molecule has 1 fully saturated rings. The lowest BCUT2D eigenvalue weighted by Gasteiger charge is -2.11. The third-order valence-electron chi connectivity index (χ3n) is 8.64. The molecule has 0 N–H and O–H groups in total. The molecule has 164 valence electrons. The van der Waals surface area contributed by atoms with Crippen LogP contribution < -0.4 is 9.13 Å². The number of fused-ring (bicyclic) bond motifs is 17. The van der Waals surface area contributed by atoms with E-state index in [0.29, 0.717) is 12.0 Å². The van der Waals surface area contributed by atoms with E-state index in [2.05, 4.69) is 119 Å². The predicted octanol–water partition coefficient (Wildman–Crippen LogP) is 6.21. The van der Waals surface area contributed by atoms with Crippen molar-refractivity contribution in [2.24, 2.45) is 0 Å². The van der Waals surface area contributed by atoms with Crippen molar-refractivity contribution in [1.82, 2.24) is 0 Å². The van der Waals surface area contributed by atoms with Gasteiger partial charge in [0.15, 0.2) is 12.4 Å². The van der Waals surface area contributed by atoms with Gasteiger partial charge in [0.05, 0.1) is 11.1 Å². The number of hydrogen-bond acceptors (Lipinski definition) is 1. The Balaban J connectivity index is 1.44. The lowest BCUT2D eigenvalue weighted by atomic mass is 9.92. The van der Waals surface area contributed by atoms with E-state index in [0.717, 1.165) is 11.2 Å². The molecular weight excluding hydrogens is 428 g/mol. The van der Waals surface area contributed by atoms with E-state index in [1.54, 1.807) is 0 Å². The summed E-state index contributed by atoms with van der Waals surface area (Å²) in [6.07, 6.45) is 4.58. The molecule has 35 heavy (non-hydrogen) atoms. The van der Waals surface area contributed by atoms with E-state index >= 15 is 0 Å². The van der Waals surface area contributed by atoms with E-state index in [1.807, 2.05) is 0 Å². The van der Waals surface area contributed by atoms with Crippen molar-refractivity contribution in [3.63, 3.8) is 0 Å². The summed E-state index contributed by atoms with van der Waals surface area (Å²) >= 11 is 0. The first-order valence-corrected chi connectivity index (χ1v) is 12.4. The van der Waals surface area contributed by atoms with Crippen molar-refractivity contribution in [2.45, 2.75) is 24.4 Å². The minimum absolute atomic E-state index is 0.168. The van der Waals surface area contributed by atoms with Gasteiger partial charge in [0.1, 0.15) is 17.1 Å². The number of hydrogen-bond donors (Lipinski definition) is 0. The van der Waals surface area contributed by atoms with Gasteiger partial charge in [0.2, 0.25) is 17.4 Å². The Morgan fingerprint density at radius 1 is 0.771 bits per heavy atom. The van der Waals surface area contributed by atoms with Crippen LogP contribution in [-0.2, 0) is 5.54 Å². The summed E-state index contributed by atoms with van der Waals surface area (Å²) in [6, 6.07) is 33.5. The summed E-state index contributed by atoms with van der Waals surface area (Å²) < 4.78 is 11.7. The Kier molecular flexibility index (Phi) is 3.04. The van der Waals surface area contributed by atoms with Gasteiger partial charge in [-0.1, -0.05) is 42.5 Å². The molecule has 1 spiro atoms. The molecule has 0 amide bonds. The molecule has 2 aliphatic heterocycles. The summed E-state index contributed by atoms with van der Waals surface area (Å²) in [4.78, 5) is 0. The van der Waals surface area contributed by atoms with Crippen LogP contribution in [0.25, 0.3) is 44.5 Å². The van der Waals surface area contributed by atoms with Crippen molar-refractivity contribution in [2.75, 3.05) is 0 Å². The van der Waals surface area contributed by atoms with Crippen LogP contribution in [-0.4, -0.2) is 0 Å². The zero-order valence-corrected chi connectivity index (χ0v) is 19.3. The second-order valence-corrected chi connectivity index (χ2v) is 10.3. The minimum Gasteiger partial charge on any atom is -0.455 e. The van der Waals surface area contributed by atoms with Gasteiger partial charge in [0.25, 0.3) is 5.54 Å². The first-order valence-electron chi connectivity index (χ1n) is 12.4. The number of furan rings is 1. The number of aromatic nitrogens is 2. The highest BCUT2D eigenvalue weighted by Gasteiger charge is 2.86. The Hall–Kier alpha value is -4.24. The molecule has 1 saturated carbocycles. The van der Waals surface area contributed by atoms with Gasteiger partial charge in [-0.2, -0.15) is 9.13 Å². The van der Waals surface area contributed by atoms with Crippen molar-refractivity contribution in [3.8, 4) is 22.5 Å². The van der Waals surface area contributed by atoms with Gasteiger partial charge in [-0.3, -0.25) is 0 Å². The molecule has 0 saturated heterocycles. The fourth-order valence-electron chi connectivity index (χ4n) is 7.31. The van der Waals surface area contributed by atoms with Crippen molar-refractivity contribution < 1.29 is 13.6 Å². The zero-order valence-electron chi connectivity index (χ0n) is 19.3. The molecule has 1 aliphatic carbocycles. The number of aryl methyl sites for hydroxylation is 1. The van der Waals surface area contributed by atoms with Crippen LogP contribution in [0.3, 0.4) is 0 Å². The Labute approximate surface area is 202 Å². The maximum absolute atomic E-state index is 6.59. The van der Waals surface area contributed by atoms with Gasteiger partial charge in [-0.25, -0.2) is 0 Å². The monoisotopic (exact) mass is 450 g/mol. The SMILES string of the molecule is Cc1cc[n+]2c(c1)-c1c(ccc3c1oc1ccccc13)C21C2c3ccccc3-c3cccc[n+]3C21. The summed E-state index contributed by atoms with van der Waals surface area (Å²) in [5.41, 5.74) is 11.0. The Bertz CT molecular complexity index is 1840. The molecule has 3 aromatic carbocycles. The molecule has 0 radical (unpaired) electrons. The molecule has 9 rings (SSSR count). The molecule has 3 aliphatic rings. The van der Waals surface area contributed by atoms with Crippen molar-refractivity contribution in [3.05, 3.63) is 120 Å². The zero-order chi connectivity index (χ0) is 22.9. The van der Waals surface area contributed by atoms with Gasteiger partial charge in [0, 0.05) is 40.6 Å². The summed E-state index contributed by atoms with van der Waals surface area (Å²) in [5.74, 6) is 0.369. The maximum Gasteiger partial charge on any atom is 0.269 e. The van der Waals surface area contributed by atoms with Gasteiger partial charge >= 0.3 is 0 Å². The van der Waals surface area contributed by atoms with Crippen molar-refractivity contribution >= 4 is 21.9 Å². The first-order chi connectivity index (χ1) is 17.3. The third kappa shape index (κ3) is 1.94. The van der Waals surface area contributed by atoms with Gasteiger partial charge < -0.3 is 4.42 Å². The van der Waals surface area contributed by atoms with E-state index in [1.165, 1.54) is 50.0 Å². The third-order valence-corrected chi connectivity index (χ3v) is 8.64. The van der Waals surface area contributed by atoms with E-state index in [4.69, 9.17) is 4.42 Å². The van der Waals surface area contributed by atoms with Crippen LogP contribution in [0, 0.1) is 6.92 Å². The van der Waals surface area contributed by atoms with Crippen LogP contribution in [0.15, 0.2) is 108 Å². The standard InChI is InChI=1S/C32H22N2O/c1-19-15-17-34-26(18-19)28-24(14-13-23-21-9-4-5-12-27(21)35-30(23)28)32(34)29-22-10-3-2-8-20(22)25-11-6-7-16-33(25)31(29)32/h2-18,29,31H,1H3/q+2. The predicted molar refractivity (Wildman–Crippen MR) is 135 cm³/mol. The Morgan fingerprint density at radius 3 is 2.60 bits per heavy atom. The highest BCUT2D eigenvalue weighted by Crippen LogP contribution is 2.70. The topological polar surface area (TPSA) is 20.9 Å². The fourth-order valence-corrected chi connectivity index (χ4v) is 7.31. The lowest BCUT2D eigenvalue weighted by molar-refractivity contribution is -0.772. The molecule has 5 heterocycles. The second-order valence-electron chi connectivity index (χ2n) is 10.3. The minimum atomic E-state index is -0.168. The summed E-state index contributed by atoms with van der Waals surface area (Å²) in [7, 11) is 0. The molecule has 0 bridgehead atoms. The molecule has 3 unspecified atom stereocenters. The quantitative estimate of drug-likeness (QED) is 0.252. The molecule has 6 aromatic rings. The molecule has 3 heteroatoms. The molecular formula is C32H22N2O+2.